The van der Waals surface area contributed by atoms with Crippen LogP contribution in [-0.4, -0.2) is 26.3 Å². The van der Waals surface area contributed by atoms with Gasteiger partial charge in [-0.1, -0.05) is 12.2 Å². The topological polar surface area (TPSA) is 77.6 Å². The lowest BCUT2D eigenvalue weighted by Crippen LogP contribution is -2.26. The zero-order valence-corrected chi connectivity index (χ0v) is 18.1. The first-order chi connectivity index (χ1) is 15.0. The van der Waals surface area contributed by atoms with Gasteiger partial charge in [-0.25, -0.2) is 0 Å². The predicted octanol–water partition coefficient (Wildman–Crippen LogP) is 5.83. The van der Waals surface area contributed by atoms with Gasteiger partial charge in [0.2, 0.25) is 0 Å². The van der Waals surface area contributed by atoms with Crippen LogP contribution in [0, 0.1) is 10.1 Å². The minimum atomic E-state index is -0.433. The molecular formula is C22H17N3O4S2. The van der Waals surface area contributed by atoms with Crippen molar-refractivity contribution in [1.29, 1.82) is 0 Å². The number of hydrogen-bond acceptors (Lipinski definition) is 6. The molecule has 1 aliphatic heterocycles. The molecule has 0 atom stereocenters. The fourth-order valence-electron chi connectivity index (χ4n) is 3.16. The van der Waals surface area contributed by atoms with Crippen LogP contribution >= 0.6 is 24.0 Å². The average molecular weight is 452 g/mol. The van der Waals surface area contributed by atoms with Gasteiger partial charge in [-0.2, -0.15) is 0 Å². The zero-order valence-electron chi connectivity index (χ0n) is 16.4. The lowest BCUT2D eigenvalue weighted by atomic mass is 10.2. The summed E-state index contributed by atoms with van der Waals surface area (Å²) in [6.45, 7) is 2.48. The molecule has 4 rings (SSSR count). The van der Waals surface area contributed by atoms with Gasteiger partial charge in [0.25, 0.3) is 10.9 Å². The minimum absolute atomic E-state index is 0.0277. The van der Waals surface area contributed by atoms with Gasteiger partial charge in [-0.05, 0) is 73.3 Å². The van der Waals surface area contributed by atoms with Crippen LogP contribution in [0.15, 0.2) is 71.8 Å². The molecule has 1 saturated heterocycles. The molecule has 0 unspecified atom stereocenters. The van der Waals surface area contributed by atoms with Gasteiger partial charge in [0.1, 0.15) is 10.7 Å². The molecule has 1 aromatic heterocycles. The summed E-state index contributed by atoms with van der Waals surface area (Å²) in [6.07, 6.45) is 3.70. The molecule has 156 valence electrons. The molecule has 0 saturated carbocycles. The van der Waals surface area contributed by atoms with E-state index in [9.17, 15) is 14.9 Å². The average Bonchev–Trinajstić information content (AvgIpc) is 3.33. The van der Waals surface area contributed by atoms with E-state index in [0.717, 1.165) is 28.9 Å². The first kappa shape index (κ1) is 20.8. The number of nitrogens with zero attached hydrogens (tertiary/aromatic N) is 3. The van der Waals surface area contributed by atoms with Crippen LogP contribution in [-0.2, 0) is 0 Å². The molecule has 0 radical (unpaired) electrons. The van der Waals surface area contributed by atoms with Gasteiger partial charge in [0.15, 0.2) is 0 Å². The Morgan fingerprint density at radius 2 is 1.77 bits per heavy atom. The molecule has 0 aliphatic carbocycles. The molecule has 3 aromatic rings. The van der Waals surface area contributed by atoms with Crippen LogP contribution in [0.1, 0.15) is 12.6 Å². The summed E-state index contributed by atoms with van der Waals surface area (Å²) in [7, 11) is 0. The molecule has 1 aliphatic rings. The first-order valence-electron chi connectivity index (χ1n) is 9.41. The summed E-state index contributed by atoms with van der Waals surface area (Å²) in [5.74, 6) is 0.730. The number of thiocarbonyl (C=S) groups is 1. The Balaban J connectivity index is 1.60. The third-order valence-corrected chi connectivity index (χ3v) is 6.02. The van der Waals surface area contributed by atoms with E-state index in [1.165, 1.54) is 17.0 Å². The van der Waals surface area contributed by atoms with E-state index in [2.05, 4.69) is 0 Å². The quantitative estimate of drug-likeness (QED) is 0.203. The van der Waals surface area contributed by atoms with Gasteiger partial charge < -0.3 is 9.30 Å². The van der Waals surface area contributed by atoms with Gasteiger partial charge >= 0.3 is 0 Å². The maximum Gasteiger partial charge on any atom is 0.296 e. The van der Waals surface area contributed by atoms with Crippen LogP contribution < -0.4 is 9.64 Å². The van der Waals surface area contributed by atoms with E-state index in [1.54, 1.807) is 36.4 Å². The maximum atomic E-state index is 12.6. The normalized spacial score (nSPS) is 15.0. The molecule has 0 spiro atoms. The second-order valence-electron chi connectivity index (χ2n) is 6.52. The molecular weight excluding hydrogens is 434 g/mol. The Kier molecular flexibility index (Phi) is 5.88. The Hall–Kier alpha value is -3.43. The number of benzene rings is 2. The van der Waals surface area contributed by atoms with Crippen molar-refractivity contribution in [3.63, 3.8) is 0 Å². The number of nitro benzene ring substituents is 1. The van der Waals surface area contributed by atoms with Crippen molar-refractivity contribution in [2.24, 2.45) is 0 Å². The zero-order chi connectivity index (χ0) is 22.0. The van der Waals surface area contributed by atoms with Crippen molar-refractivity contribution >= 4 is 51.7 Å². The Morgan fingerprint density at radius 3 is 2.42 bits per heavy atom. The van der Waals surface area contributed by atoms with E-state index in [4.69, 9.17) is 17.0 Å². The van der Waals surface area contributed by atoms with Crippen molar-refractivity contribution < 1.29 is 14.5 Å². The molecule has 31 heavy (non-hydrogen) atoms. The smallest absolute Gasteiger partial charge is 0.296 e. The van der Waals surface area contributed by atoms with Crippen molar-refractivity contribution in [3.8, 4) is 11.4 Å². The Bertz CT molecular complexity index is 1180. The SMILES string of the molecule is CCOc1ccc(N2C(=O)SC(=Cc3cccn3-c3ccc([N+](=O)[O-])cc3)C2=S)cc1. The summed E-state index contributed by atoms with van der Waals surface area (Å²) in [5, 5.41) is 10.7. The summed E-state index contributed by atoms with van der Waals surface area (Å²) in [4.78, 5) is 25.7. The molecule has 1 amide bonds. The van der Waals surface area contributed by atoms with Crippen LogP contribution in [0.5, 0.6) is 5.75 Å². The lowest BCUT2D eigenvalue weighted by molar-refractivity contribution is -0.384. The van der Waals surface area contributed by atoms with Crippen LogP contribution in [0.25, 0.3) is 11.8 Å². The number of hydrogen-bond donors (Lipinski definition) is 0. The summed E-state index contributed by atoms with van der Waals surface area (Å²) in [5.41, 5.74) is 2.28. The van der Waals surface area contributed by atoms with Crippen LogP contribution in [0.3, 0.4) is 0 Å². The van der Waals surface area contributed by atoms with E-state index < -0.39 is 4.92 Å². The highest BCUT2D eigenvalue weighted by molar-refractivity contribution is 8.20. The van der Waals surface area contributed by atoms with E-state index in [0.29, 0.717) is 22.2 Å². The minimum Gasteiger partial charge on any atom is -0.494 e. The fraction of sp³-hybridized carbons (Fsp3) is 0.0909. The Morgan fingerprint density at radius 1 is 1.10 bits per heavy atom. The molecule has 9 heteroatoms. The summed E-state index contributed by atoms with van der Waals surface area (Å²) in [6, 6.07) is 17.2. The van der Waals surface area contributed by atoms with Crippen molar-refractivity contribution in [2.75, 3.05) is 11.5 Å². The van der Waals surface area contributed by atoms with Gasteiger partial charge in [-0.3, -0.25) is 19.8 Å². The highest BCUT2D eigenvalue weighted by Gasteiger charge is 2.33. The Labute approximate surface area is 188 Å². The third kappa shape index (κ3) is 4.23. The number of anilines is 1. The number of carbonyl (C=O) groups is 1. The first-order valence-corrected chi connectivity index (χ1v) is 10.6. The monoisotopic (exact) mass is 451 g/mol. The van der Waals surface area contributed by atoms with E-state index in [1.807, 2.05) is 35.9 Å². The summed E-state index contributed by atoms with van der Waals surface area (Å²) < 4.78 is 7.33. The molecule has 2 heterocycles. The number of aromatic nitrogens is 1. The fourth-order valence-corrected chi connectivity index (χ4v) is 4.43. The van der Waals surface area contributed by atoms with Gasteiger partial charge in [-0.15, -0.1) is 0 Å². The predicted molar refractivity (Wildman–Crippen MR) is 126 cm³/mol. The molecule has 0 N–H and O–H groups in total. The van der Waals surface area contributed by atoms with E-state index in [-0.39, 0.29) is 10.9 Å². The number of rotatable bonds is 6. The van der Waals surface area contributed by atoms with Crippen molar-refractivity contribution in [1.82, 2.24) is 4.57 Å². The summed E-state index contributed by atoms with van der Waals surface area (Å²) >= 11 is 6.66. The van der Waals surface area contributed by atoms with Crippen LogP contribution in [0.2, 0.25) is 0 Å². The second kappa shape index (κ2) is 8.75. The highest BCUT2D eigenvalue weighted by Crippen LogP contribution is 2.37. The van der Waals surface area contributed by atoms with Gasteiger partial charge in [0.05, 0.1) is 22.1 Å². The van der Waals surface area contributed by atoms with Crippen molar-refractivity contribution in [3.05, 3.63) is 87.6 Å². The van der Waals surface area contributed by atoms with E-state index >= 15 is 0 Å². The number of ether oxygens (including phenoxy) is 1. The molecule has 0 bridgehead atoms. The number of thioether (sulfide) groups is 1. The standard InChI is InChI=1S/C22H17N3O4S2/c1-2-29-19-11-9-16(10-12-19)24-21(30)20(31-22(24)26)14-18-4-3-13-23(18)15-5-7-17(8-6-15)25(27)28/h3-14H,2H2,1H3. The number of nitro groups is 1. The van der Waals surface area contributed by atoms with Crippen LogP contribution in [0.4, 0.5) is 16.2 Å². The molecule has 1 fully saturated rings. The van der Waals surface area contributed by atoms with Gasteiger partial charge in [0, 0.05) is 29.7 Å². The highest BCUT2D eigenvalue weighted by atomic mass is 32.2. The van der Waals surface area contributed by atoms with Crippen molar-refractivity contribution in [2.45, 2.75) is 6.92 Å². The molecule has 7 nitrogen and oxygen atoms in total. The third-order valence-electron chi connectivity index (χ3n) is 4.60. The largest absolute Gasteiger partial charge is 0.494 e. The number of amides is 1. The second-order valence-corrected chi connectivity index (χ2v) is 7.90. The lowest BCUT2D eigenvalue weighted by Gasteiger charge is -2.15. The molecule has 2 aromatic carbocycles. The number of non-ortho nitro benzene ring substituents is 1. The maximum absolute atomic E-state index is 12.6. The number of carbonyl (C=O) groups excluding carboxylic acids is 1.